The third-order valence-corrected chi connectivity index (χ3v) is 5.55. The molecule has 2 aliphatic rings. The van der Waals surface area contributed by atoms with Gasteiger partial charge in [0.25, 0.3) is 0 Å². The number of amides is 1. The smallest absolute Gasteiger partial charge is 0.222 e. The fourth-order valence-electron chi connectivity index (χ4n) is 3.80. The number of carbonyl (C=O) groups is 1. The van der Waals surface area contributed by atoms with Gasteiger partial charge in [0.05, 0.1) is 12.1 Å². The molecular weight excluding hydrogens is 321 g/mol. The van der Waals surface area contributed by atoms with Crippen molar-refractivity contribution in [3.8, 4) is 0 Å². The Balaban J connectivity index is 1.72. The first-order chi connectivity index (χ1) is 10.6. The molecule has 120 valence electrons. The van der Waals surface area contributed by atoms with Crippen LogP contribution >= 0.6 is 23.2 Å². The van der Waals surface area contributed by atoms with Crippen LogP contribution in [0.15, 0.2) is 18.2 Å². The highest BCUT2D eigenvalue weighted by Gasteiger charge is 2.38. The van der Waals surface area contributed by atoms with Crippen LogP contribution in [-0.2, 0) is 11.2 Å². The Hall–Kier alpha value is -0.770. The standard InChI is InChI=1S/C17H21Cl2NO2/c18-13-7-6-11(14(19)10-13)9-12-3-1-4-15(17(12)22)20-8-2-5-16(20)21/h6-7,10,12,15,17,22H,1-5,8-9H2. The number of aliphatic hydroxyl groups is 1. The van der Waals surface area contributed by atoms with Gasteiger partial charge in [0.2, 0.25) is 5.91 Å². The van der Waals surface area contributed by atoms with Crippen molar-refractivity contribution in [3.63, 3.8) is 0 Å². The van der Waals surface area contributed by atoms with Gasteiger partial charge in [0.1, 0.15) is 0 Å². The highest BCUT2D eigenvalue weighted by Crippen LogP contribution is 2.34. The molecule has 1 amide bonds. The minimum atomic E-state index is -0.470. The van der Waals surface area contributed by atoms with E-state index in [0.717, 1.165) is 44.2 Å². The monoisotopic (exact) mass is 341 g/mol. The lowest BCUT2D eigenvalue weighted by Crippen LogP contribution is -2.50. The van der Waals surface area contributed by atoms with Crippen LogP contribution in [0.2, 0.25) is 10.0 Å². The predicted octanol–water partition coefficient (Wildman–Crippen LogP) is 3.69. The minimum absolute atomic E-state index is 0.0279. The van der Waals surface area contributed by atoms with Gasteiger partial charge in [-0.1, -0.05) is 35.7 Å². The summed E-state index contributed by atoms with van der Waals surface area (Å²) in [6.07, 6.45) is 4.71. The number of hydrogen-bond acceptors (Lipinski definition) is 2. The summed E-state index contributed by atoms with van der Waals surface area (Å²) >= 11 is 12.2. The zero-order valence-corrected chi connectivity index (χ0v) is 14.0. The molecular formula is C17H21Cl2NO2. The molecule has 1 N–H and O–H groups in total. The van der Waals surface area contributed by atoms with E-state index in [1.54, 1.807) is 6.07 Å². The summed E-state index contributed by atoms with van der Waals surface area (Å²) in [7, 11) is 0. The van der Waals surface area contributed by atoms with E-state index in [1.165, 1.54) is 0 Å². The summed E-state index contributed by atoms with van der Waals surface area (Å²) in [6.45, 7) is 0.787. The molecule has 0 radical (unpaired) electrons. The fourth-order valence-corrected chi connectivity index (χ4v) is 4.28. The second kappa shape index (κ2) is 6.77. The quantitative estimate of drug-likeness (QED) is 0.910. The Kier molecular flexibility index (Phi) is 4.96. The summed E-state index contributed by atoms with van der Waals surface area (Å²) in [4.78, 5) is 13.8. The summed E-state index contributed by atoms with van der Waals surface area (Å²) in [5.74, 6) is 0.333. The van der Waals surface area contributed by atoms with E-state index >= 15 is 0 Å². The van der Waals surface area contributed by atoms with Crippen LogP contribution in [0.1, 0.15) is 37.7 Å². The molecule has 1 aliphatic heterocycles. The number of carbonyl (C=O) groups excluding carboxylic acids is 1. The third-order valence-electron chi connectivity index (χ3n) is 4.96. The maximum absolute atomic E-state index is 12.0. The van der Waals surface area contributed by atoms with Crippen molar-refractivity contribution < 1.29 is 9.90 Å². The second-order valence-electron chi connectivity index (χ2n) is 6.38. The van der Waals surface area contributed by atoms with Gasteiger partial charge in [0, 0.05) is 23.0 Å². The van der Waals surface area contributed by atoms with E-state index < -0.39 is 6.10 Å². The van der Waals surface area contributed by atoms with Gasteiger partial charge in [-0.2, -0.15) is 0 Å². The summed E-state index contributed by atoms with van der Waals surface area (Å²) < 4.78 is 0. The fraction of sp³-hybridized carbons (Fsp3) is 0.588. The van der Waals surface area contributed by atoms with Gasteiger partial charge < -0.3 is 10.0 Å². The number of halogens is 2. The normalized spacial score (nSPS) is 29.1. The first-order valence-corrected chi connectivity index (χ1v) is 8.73. The number of likely N-dealkylation sites (tertiary alicyclic amines) is 1. The van der Waals surface area contributed by atoms with Crippen LogP contribution in [0.5, 0.6) is 0 Å². The zero-order chi connectivity index (χ0) is 15.7. The van der Waals surface area contributed by atoms with Gasteiger partial charge in [-0.25, -0.2) is 0 Å². The average Bonchev–Trinajstić information content (AvgIpc) is 2.90. The molecule has 0 aromatic heterocycles. The molecule has 1 aromatic rings. The van der Waals surface area contributed by atoms with Gasteiger partial charge in [0.15, 0.2) is 0 Å². The lowest BCUT2D eigenvalue weighted by molar-refractivity contribution is -0.134. The number of benzene rings is 1. The molecule has 0 spiro atoms. The van der Waals surface area contributed by atoms with E-state index in [1.807, 2.05) is 17.0 Å². The molecule has 5 heteroatoms. The lowest BCUT2D eigenvalue weighted by Gasteiger charge is -2.40. The van der Waals surface area contributed by atoms with Crippen molar-refractivity contribution in [1.82, 2.24) is 4.90 Å². The van der Waals surface area contributed by atoms with E-state index in [0.29, 0.717) is 16.5 Å². The highest BCUT2D eigenvalue weighted by molar-refractivity contribution is 6.35. The molecule has 0 bridgehead atoms. The van der Waals surface area contributed by atoms with E-state index in [9.17, 15) is 9.90 Å². The van der Waals surface area contributed by atoms with Crippen LogP contribution in [0.3, 0.4) is 0 Å². The Bertz CT molecular complexity index is 564. The van der Waals surface area contributed by atoms with Crippen LogP contribution in [0.4, 0.5) is 0 Å². The van der Waals surface area contributed by atoms with Gasteiger partial charge >= 0.3 is 0 Å². The molecule has 3 atom stereocenters. The van der Waals surface area contributed by atoms with E-state index in [-0.39, 0.29) is 17.9 Å². The van der Waals surface area contributed by atoms with Crippen molar-refractivity contribution >= 4 is 29.1 Å². The van der Waals surface area contributed by atoms with Crippen LogP contribution in [-0.4, -0.2) is 34.6 Å². The number of aliphatic hydroxyl groups excluding tert-OH is 1. The zero-order valence-electron chi connectivity index (χ0n) is 12.5. The predicted molar refractivity (Wildman–Crippen MR) is 88.2 cm³/mol. The average molecular weight is 342 g/mol. The van der Waals surface area contributed by atoms with Crippen molar-refractivity contribution in [2.45, 2.75) is 50.7 Å². The molecule has 3 unspecified atom stereocenters. The van der Waals surface area contributed by atoms with Crippen molar-refractivity contribution in [2.75, 3.05) is 6.54 Å². The summed E-state index contributed by atoms with van der Waals surface area (Å²) in [6, 6.07) is 5.48. The van der Waals surface area contributed by atoms with Crippen LogP contribution in [0.25, 0.3) is 0 Å². The summed E-state index contributed by atoms with van der Waals surface area (Å²) in [5.41, 5.74) is 1.02. The van der Waals surface area contributed by atoms with Crippen molar-refractivity contribution in [2.24, 2.45) is 5.92 Å². The number of nitrogens with zero attached hydrogens (tertiary/aromatic N) is 1. The molecule has 1 aliphatic carbocycles. The van der Waals surface area contributed by atoms with E-state index in [4.69, 9.17) is 23.2 Å². The molecule has 3 rings (SSSR count). The topological polar surface area (TPSA) is 40.5 Å². The maximum Gasteiger partial charge on any atom is 0.222 e. The van der Waals surface area contributed by atoms with Gasteiger partial charge in [-0.3, -0.25) is 4.79 Å². The van der Waals surface area contributed by atoms with Gasteiger partial charge in [-0.15, -0.1) is 0 Å². The lowest BCUT2D eigenvalue weighted by atomic mass is 9.79. The first-order valence-electron chi connectivity index (χ1n) is 7.97. The molecule has 2 fully saturated rings. The Labute approximate surface area is 141 Å². The van der Waals surface area contributed by atoms with Crippen molar-refractivity contribution in [1.29, 1.82) is 0 Å². The minimum Gasteiger partial charge on any atom is -0.391 e. The maximum atomic E-state index is 12.0. The molecule has 22 heavy (non-hydrogen) atoms. The molecule has 1 saturated heterocycles. The molecule has 3 nitrogen and oxygen atoms in total. The third kappa shape index (κ3) is 3.27. The first kappa shape index (κ1) is 16.1. The Morgan fingerprint density at radius 2 is 2.05 bits per heavy atom. The van der Waals surface area contributed by atoms with Crippen LogP contribution < -0.4 is 0 Å². The van der Waals surface area contributed by atoms with Gasteiger partial charge in [-0.05, 0) is 49.3 Å². The molecule has 1 heterocycles. The van der Waals surface area contributed by atoms with Crippen LogP contribution in [0, 0.1) is 5.92 Å². The molecule has 1 aromatic carbocycles. The highest BCUT2D eigenvalue weighted by atomic mass is 35.5. The van der Waals surface area contributed by atoms with Crippen molar-refractivity contribution in [3.05, 3.63) is 33.8 Å². The number of hydrogen-bond donors (Lipinski definition) is 1. The molecule has 1 saturated carbocycles. The summed E-state index contributed by atoms with van der Waals surface area (Å²) in [5, 5.41) is 12.0. The Morgan fingerprint density at radius 3 is 2.73 bits per heavy atom. The number of rotatable bonds is 3. The SMILES string of the molecule is O=C1CCCN1C1CCCC(Cc2ccc(Cl)cc2Cl)C1O. The largest absolute Gasteiger partial charge is 0.391 e. The van der Waals surface area contributed by atoms with E-state index in [2.05, 4.69) is 0 Å². The second-order valence-corrected chi connectivity index (χ2v) is 7.22. The Morgan fingerprint density at radius 1 is 1.23 bits per heavy atom.